The molecule has 0 amide bonds. The first kappa shape index (κ1) is 35.7. The molecule has 0 saturated carbocycles. The molecular formula is C24H37NO20. The van der Waals surface area contributed by atoms with Crippen LogP contribution in [0.5, 0.6) is 0 Å². The zero-order chi connectivity index (χ0) is 33.5. The van der Waals surface area contributed by atoms with E-state index in [9.17, 15) is 60.7 Å². The number of hydrogen-bond donors (Lipinski definition) is 11. The lowest BCUT2D eigenvalue weighted by molar-refractivity contribution is -0.379. The summed E-state index contributed by atoms with van der Waals surface area (Å²) in [5.74, 6) is 1.18. The number of carboxylic acids is 1. The van der Waals surface area contributed by atoms with Crippen LogP contribution in [-0.4, -0.2) is 174 Å². The molecule has 0 unspecified atom stereocenters. The van der Waals surface area contributed by atoms with Gasteiger partial charge in [-0.2, -0.15) is 5.90 Å². The van der Waals surface area contributed by atoms with Crippen molar-refractivity contribution >= 4 is 11.9 Å². The number of aliphatic carboxylic acids is 1. The topological polar surface area (TPSA) is 336 Å². The van der Waals surface area contributed by atoms with Gasteiger partial charge in [0.1, 0.15) is 67.1 Å². The molecular weight excluding hydrogens is 622 g/mol. The predicted molar refractivity (Wildman–Crippen MR) is 133 cm³/mol. The zero-order valence-corrected chi connectivity index (χ0v) is 23.6. The maximum absolute atomic E-state index is 12.6. The van der Waals surface area contributed by atoms with Gasteiger partial charge in [-0.25, -0.2) is 9.59 Å². The lowest BCUT2D eigenvalue weighted by Gasteiger charge is -2.47. The molecule has 0 aliphatic carbocycles. The number of carboxylic acid groups (broad SMARTS) is 1. The minimum Gasteiger partial charge on any atom is -0.475 e. The number of ether oxygens (including phenoxy) is 7. The van der Waals surface area contributed by atoms with Gasteiger partial charge in [0, 0.05) is 0 Å². The second kappa shape index (κ2) is 14.3. The van der Waals surface area contributed by atoms with Crippen molar-refractivity contribution in [3.05, 3.63) is 11.8 Å². The van der Waals surface area contributed by atoms with Crippen LogP contribution in [-0.2, 0) is 47.6 Å². The molecule has 0 radical (unpaired) electrons. The molecule has 0 aromatic heterocycles. The molecule has 4 aliphatic heterocycles. The van der Waals surface area contributed by atoms with E-state index in [1.165, 1.54) is 13.8 Å². The maximum Gasteiger partial charge on any atom is 0.371 e. The number of nitrogens with two attached hydrogens (primary N) is 1. The van der Waals surface area contributed by atoms with Gasteiger partial charge >= 0.3 is 11.9 Å². The van der Waals surface area contributed by atoms with Crippen molar-refractivity contribution in [1.82, 2.24) is 0 Å². The van der Waals surface area contributed by atoms with Crippen LogP contribution in [0.4, 0.5) is 0 Å². The molecule has 3 fully saturated rings. The molecule has 21 nitrogen and oxygen atoms in total. The fourth-order valence-electron chi connectivity index (χ4n) is 5.14. The average molecular weight is 660 g/mol. The van der Waals surface area contributed by atoms with Gasteiger partial charge in [-0.15, -0.1) is 0 Å². The normalized spacial score (nSPS) is 49.0. The molecule has 0 spiro atoms. The summed E-state index contributed by atoms with van der Waals surface area (Å²) in [5, 5.41) is 103. The first-order valence-corrected chi connectivity index (χ1v) is 13.6. The Morgan fingerprint density at radius 3 is 1.84 bits per heavy atom. The number of hydrogen-bond acceptors (Lipinski definition) is 20. The van der Waals surface area contributed by atoms with Gasteiger partial charge in [0.2, 0.25) is 12.0 Å². The van der Waals surface area contributed by atoms with Crippen molar-refractivity contribution in [3.8, 4) is 0 Å². The number of aliphatic hydroxyl groups is 9. The highest BCUT2D eigenvalue weighted by atomic mass is 16.8. The highest BCUT2D eigenvalue weighted by molar-refractivity contribution is 5.84. The van der Waals surface area contributed by atoms with Gasteiger partial charge in [0.05, 0.1) is 12.2 Å². The second-order valence-electron chi connectivity index (χ2n) is 10.9. The van der Waals surface area contributed by atoms with E-state index in [4.69, 9.17) is 39.1 Å². The van der Waals surface area contributed by atoms with Crippen LogP contribution in [0.3, 0.4) is 0 Å². The molecule has 18 atom stereocenters. The van der Waals surface area contributed by atoms with Crippen LogP contribution in [0.15, 0.2) is 11.8 Å². The summed E-state index contributed by atoms with van der Waals surface area (Å²) in [5.41, 5.74) is 0. The van der Waals surface area contributed by atoms with E-state index in [0.717, 1.165) is 0 Å². The third-order valence-electron chi connectivity index (χ3n) is 7.76. The van der Waals surface area contributed by atoms with Crippen LogP contribution < -0.4 is 5.90 Å². The molecule has 4 heterocycles. The Hall–Kier alpha value is -2.16. The predicted octanol–water partition coefficient (Wildman–Crippen LogP) is -7.02. The van der Waals surface area contributed by atoms with Gasteiger partial charge in [-0.1, -0.05) is 0 Å². The van der Waals surface area contributed by atoms with Crippen LogP contribution in [0, 0.1) is 0 Å². The summed E-state index contributed by atoms with van der Waals surface area (Å²) in [6, 6.07) is 0. The Kier molecular flexibility index (Phi) is 11.3. The largest absolute Gasteiger partial charge is 0.475 e. The molecule has 0 aromatic carbocycles. The summed E-state index contributed by atoms with van der Waals surface area (Å²) in [6.07, 6.45) is -31.6. The minimum absolute atomic E-state index is 0.701. The summed E-state index contributed by atoms with van der Waals surface area (Å²) in [4.78, 5) is 28.1. The molecule has 12 N–H and O–H groups in total. The summed E-state index contributed by atoms with van der Waals surface area (Å²) < 4.78 is 37.3. The van der Waals surface area contributed by atoms with Gasteiger partial charge in [-0.3, -0.25) is 0 Å². The Labute approximate surface area is 253 Å². The molecule has 0 aromatic rings. The lowest BCUT2D eigenvalue weighted by Crippen LogP contribution is -2.67. The van der Waals surface area contributed by atoms with E-state index < -0.39 is 128 Å². The van der Waals surface area contributed by atoms with E-state index in [1.807, 2.05) is 0 Å². The average Bonchev–Trinajstić information content (AvgIpc) is 2.99. The lowest BCUT2D eigenvalue weighted by atomic mass is 9.96. The van der Waals surface area contributed by atoms with E-state index in [1.54, 1.807) is 0 Å². The van der Waals surface area contributed by atoms with Gasteiger partial charge in [-0.05, 0) is 19.9 Å². The molecule has 4 rings (SSSR count). The maximum atomic E-state index is 12.6. The van der Waals surface area contributed by atoms with Crippen LogP contribution >= 0.6 is 0 Å². The Morgan fingerprint density at radius 2 is 1.22 bits per heavy atom. The third kappa shape index (κ3) is 7.23. The van der Waals surface area contributed by atoms with E-state index in [-0.39, 0.29) is 0 Å². The standard InChI is InChI=1S/C24H37NO20/c1-4-8(27)11(30)17(20(36)38-4)43-23-13(32)12(31)16(18(44-23)21(37)45-25)42-24-14(33)15(9(28)5(2)39-24)41-22-10(29)6(26)3-7(40-22)19(34)35/h3-6,8-18,20,22-24,26-33,36H,25H2,1-2H3,(H,34,35)/t4-,5-,6-,8-,9-,10+,11+,12+,13+,14+,15+,16+,17+,18-,20+,22+,23-,24-/m0/s1. The van der Waals surface area contributed by atoms with Crippen LogP contribution in [0.1, 0.15) is 13.8 Å². The molecule has 45 heavy (non-hydrogen) atoms. The summed E-state index contributed by atoms with van der Waals surface area (Å²) in [7, 11) is 0. The monoisotopic (exact) mass is 659 g/mol. The first-order chi connectivity index (χ1) is 21.1. The van der Waals surface area contributed by atoms with E-state index in [2.05, 4.69) is 4.84 Å². The quantitative estimate of drug-likeness (QED) is 0.108. The van der Waals surface area contributed by atoms with E-state index >= 15 is 0 Å². The second-order valence-corrected chi connectivity index (χ2v) is 10.9. The number of aliphatic hydroxyl groups excluding tert-OH is 9. The fourth-order valence-corrected chi connectivity index (χ4v) is 5.14. The van der Waals surface area contributed by atoms with Crippen molar-refractivity contribution in [2.75, 3.05) is 0 Å². The molecule has 0 bridgehead atoms. The van der Waals surface area contributed by atoms with Crippen molar-refractivity contribution in [3.63, 3.8) is 0 Å². The Balaban J connectivity index is 1.51. The van der Waals surface area contributed by atoms with Crippen LogP contribution in [0.2, 0.25) is 0 Å². The highest BCUT2D eigenvalue weighted by Crippen LogP contribution is 2.34. The SMILES string of the molecule is C[C@@H]1O[C@@H](O)[C@H](O[C@H]2O[C@H](C(=O)ON)[C@H](O[C@@H]3O[C@@H](C)[C@H](O)[C@@H](O[C@H]4OC(C(=O)O)=C[C@H](O)[C@H]4O)[C@H]3O)[C@H](O)[C@H]2O)[C@H](O)[C@H]1O. The van der Waals surface area contributed by atoms with Crippen molar-refractivity contribution < 1.29 is 98.6 Å². The first-order valence-electron chi connectivity index (χ1n) is 13.6. The number of carbonyl (C=O) groups is 2. The van der Waals surface area contributed by atoms with Gasteiger partial charge in [0.25, 0.3) is 0 Å². The summed E-state index contributed by atoms with van der Waals surface area (Å²) in [6.45, 7) is 2.64. The fraction of sp³-hybridized carbons (Fsp3) is 0.833. The minimum atomic E-state index is -2.13. The molecule has 21 heteroatoms. The van der Waals surface area contributed by atoms with Crippen molar-refractivity contribution in [2.24, 2.45) is 5.90 Å². The summed E-state index contributed by atoms with van der Waals surface area (Å²) >= 11 is 0. The molecule has 4 aliphatic rings. The highest BCUT2D eigenvalue weighted by Gasteiger charge is 2.55. The Morgan fingerprint density at radius 1 is 0.667 bits per heavy atom. The molecule has 3 saturated heterocycles. The number of rotatable bonds is 8. The molecule has 258 valence electrons. The zero-order valence-electron chi connectivity index (χ0n) is 23.6. The van der Waals surface area contributed by atoms with Crippen molar-refractivity contribution in [1.29, 1.82) is 0 Å². The third-order valence-corrected chi connectivity index (χ3v) is 7.76. The van der Waals surface area contributed by atoms with E-state index in [0.29, 0.717) is 6.08 Å². The number of carbonyl (C=O) groups excluding carboxylic acids is 1. The van der Waals surface area contributed by atoms with Crippen molar-refractivity contribution in [2.45, 2.75) is 124 Å². The Bertz CT molecular complexity index is 1080. The van der Waals surface area contributed by atoms with Crippen LogP contribution in [0.25, 0.3) is 0 Å². The smallest absolute Gasteiger partial charge is 0.371 e. The van der Waals surface area contributed by atoms with Gasteiger partial charge < -0.3 is 89.1 Å². The van der Waals surface area contributed by atoms with Gasteiger partial charge in [0.15, 0.2) is 25.0 Å².